The van der Waals surface area contributed by atoms with Gasteiger partial charge in [-0.1, -0.05) is 30.3 Å². The van der Waals surface area contributed by atoms with Crippen LogP contribution in [0.15, 0.2) is 54.6 Å². The number of rotatable bonds is 4. The van der Waals surface area contributed by atoms with E-state index in [1.165, 1.54) is 0 Å². The van der Waals surface area contributed by atoms with E-state index in [9.17, 15) is 9.90 Å². The van der Waals surface area contributed by atoms with Crippen LogP contribution >= 0.6 is 0 Å². The summed E-state index contributed by atoms with van der Waals surface area (Å²) >= 11 is 0. The minimum atomic E-state index is -0.169. The van der Waals surface area contributed by atoms with Crippen LogP contribution in [0.3, 0.4) is 0 Å². The normalized spacial score (nSPS) is 18.8. The molecule has 0 aromatic heterocycles. The number of hydrogen-bond acceptors (Lipinski definition) is 3. The number of carbonyl (C=O) groups is 1. The second-order valence-electron chi connectivity index (χ2n) is 6.38. The lowest BCUT2D eigenvalue weighted by Crippen LogP contribution is -2.24. The number of carbonyl (C=O) groups excluding carboxylic acids is 1. The summed E-state index contributed by atoms with van der Waals surface area (Å²) in [7, 11) is 0. The van der Waals surface area contributed by atoms with E-state index in [0.717, 1.165) is 50.1 Å². The van der Waals surface area contributed by atoms with Crippen molar-refractivity contribution in [2.24, 2.45) is 0 Å². The first-order valence-electron chi connectivity index (χ1n) is 8.56. The fraction of sp³-hybridized carbons (Fsp3) is 0.350. The summed E-state index contributed by atoms with van der Waals surface area (Å²) in [6.45, 7) is 2.72. The Balaban J connectivity index is 1.64. The van der Waals surface area contributed by atoms with E-state index < -0.39 is 0 Å². The number of aliphatic hydroxyl groups is 1. The maximum absolute atomic E-state index is 12.4. The van der Waals surface area contributed by atoms with Crippen LogP contribution in [0, 0.1) is 0 Å². The number of nitrogens with one attached hydrogen (secondary N) is 1. The van der Waals surface area contributed by atoms with Crippen LogP contribution in [0.1, 0.15) is 35.2 Å². The Morgan fingerprint density at radius 3 is 2.75 bits per heavy atom. The second-order valence-corrected chi connectivity index (χ2v) is 6.38. The number of aliphatic hydroxyl groups excluding tert-OH is 1. The monoisotopic (exact) mass is 324 g/mol. The van der Waals surface area contributed by atoms with Crippen LogP contribution < -0.4 is 5.32 Å². The molecule has 0 bridgehead atoms. The molecule has 1 heterocycles. The molecule has 0 saturated carbocycles. The molecule has 2 aromatic rings. The molecule has 3 rings (SSSR count). The zero-order valence-corrected chi connectivity index (χ0v) is 13.8. The van der Waals surface area contributed by atoms with Crippen LogP contribution in [0.2, 0.25) is 0 Å². The summed E-state index contributed by atoms with van der Waals surface area (Å²) in [5.74, 6) is -0.0886. The van der Waals surface area contributed by atoms with Gasteiger partial charge in [0.2, 0.25) is 0 Å². The maximum atomic E-state index is 12.4. The highest BCUT2D eigenvalue weighted by Gasteiger charge is 2.15. The highest BCUT2D eigenvalue weighted by atomic mass is 16.3. The molecule has 1 atom stereocenters. The third-order valence-corrected chi connectivity index (χ3v) is 4.42. The van der Waals surface area contributed by atoms with E-state index >= 15 is 0 Å². The van der Waals surface area contributed by atoms with Gasteiger partial charge >= 0.3 is 0 Å². The van der Waals surface area contributed by atoms with Gasteiger partial charge in [-0.3, -0.25) is 9.69 Å². The van der Waals surface area contributed by atoms with Gasteiger partial charge in [0.15, 0.2) is 0 Å². The van der Waals surface area contributed by atoms with Crippen molar-refractivity contribution in [2.75, 3.05) is 18.4 Å². The Kier molecular flexibility index (Phi) is 5.62. The summed E-state index contributed by atoms with van der Waals surface area (Å²) in [5, 5.41) is 12.7. The topological polar surface area (TPSA) is 52.6 Å². The van der Waals surface area contributed by atoms with Gasteiger partial charge in [0.1, 0.15) is 0 Å². The molecule has 1 aliphatic rings. The molecular formula is C20H24N2O2. The zero-order chi connectivity index (χ0) is 16.8. The number of nitrogens with zero attached hydrogens (tertiary/aromatic N) is 1. The molecule has 4 heteroatoms. The molecule has 1 aliphatic heterocycles. The summed E-state index contributed by atoms with van der Waals surface area (Å²) in [6.07, 6.45) is 2.57. The fourth-order valence-electron chi connectivity index (χ4n) is 3.09. The van der Waals surface area contributed by atoms with Crippen molar-refractivity contribution in [1.29, 1.82) is 0 Å². The minimum absolute atomic E-state index is 0.0886. The summed E-state index contributed by atoms with van der Waals surface area (Å²) in [5.41, 5.74) is 2.60. The Hall–Kier alpha value is -2.17. The van der Waals surface area contributed by atoms with E-state index in [1.807, 2.05) is 48.5 Å². The third kappa shape index (κ3) is 4.66. The van der Waals surface area contributed by atoms with Crippen LogP contribution in [-0.4, -0.2) is 35.1 Å². The standard InChI is InChI=1S/C20H24N2O2/c23-19-10-5-12-22(13-11-19)15-16-6-4-7-17(14-16)20(24)21-18-8-2-1-3-9-18/h1-4,6-9,14,19,23H,5,10-13,15H2,(H,21,24). The number of benzene rings is 2. The van der Waals surface area contributed by atoms with E-state index in [0.29, 0.717) is 5.56 Å². The Bertz CT molecular complexity index is 672. The summed E-state index contributed by atoms with van der Waals surface area (Å²) in [6, 6.07) is 17.3. The van der Waals surface area contributed by atoms with E-state index in [4.69, 9.17) is 0 Å². The van der Waals surface area contributed by atoms with Gasteiger partial charge in [-0.25, -0.2) is 0 Å². The molecule has 126 valence electrons. The summed E-state index contributed by atoms with van der Waals surface area (Å²) < 4.78 is 0. The molecule has 1 saturated heterocycles. The largest absolute Gasteiger partial charge is 0.393 e. The average Bonchev–Trinajstić information content (AvgIpc) is 2.80. The van der Waals surface area contributed by atoms with Crippen molar-refractivity contribution in [3.8, 4) is 0 Å². The van der Waals surface area contributed by atoms with Gasteiger partial charge in [-0.2, -0.15) is 0 Å². The number of hydrogen-bond donors (Lipinski definition) is 2. The molecule has 2 aromatic carbocycles. The first kappa shape index (κ1) is 16.7. The van der Waals surface area contributed by atoms with Gasteiger partial charge in [-0.05, 0) is 55.6 Å². The van der Waals surface area contributed by atoms with Crippen molar-refractivity contribution in [3.05, 3.63) is 65.7 Å². The Labute approximate surface area is 143 Å². The van der Waals surface area contributed by atoms with Crippen LogP contribution in [0.4, 0.5) is 5.69 Å². The predicted molar refractivity (Wildman–Crippen MR) is 96.0 cm³/mol. The van der Waals surface area contributed by atoms with E-state index in [1.54, 1.807) is 0 Å². The molecule has 1 amide bonds. The molecule has 0 radical (unpaired) electrons. The number of amides is 1. The van der Waals surface area contributed by atoms with E-state index in [2.05, 4.69) is 16.3 Å². The van der Waals surface area contributed by atoms with Gasteiger partial charge < -0.3 is 10.4 Å². The highest BCUT2D eigenvalue weighted by Crippen LogP contribution is 2.16. The molecule has 1 unspecified atom stereocenters. The van der Waals surface area contributed by atoms with Crippen LogP contribution in [0.25, 0.3) is 0 Å². The second kappa shape index (κ2) is 8.08. The maximum Gasteiger partial charge on any atom is 0.255 e. The quantitative estimate of drug-likeness (QED) is 0.907. The smallest absolute Gasteiger partial charge is 0.255 e. The lowest BCUT2D eigenvalue weighted by Gasteiger charge is -2.20. The van der Waals surface area contributed by atoms with Crippen molar-refractivity contribution >= 4 is 11.6 Å². The molecule has 0 aliphatic carbocycles. The van der Waals surface area contributed by atoms with Crippen molar-refractivity contribution in [1.82, 2.24) is 4.90 Å². The van der Waals surface area contributed by atoms with Crippen LogP contribution in [0.5, 0.6) is 0 Å². The predicted octanol–water partition coefficient (Wildman–Crippen LogP) is 3.29. The lowest BCUT2D eigenvalue weighted by atomic mass is 10.1. The first-order chi connectivity index (χ1) is 11.7. The van der Waals surface area contributed by atoms with Gasteiger partial charge in [0.05, 0.1) is 6.10 Å². The molecule has 24 heavy (non-hydrogen) atoms. The SMILES string of the molecule is O=C(Nc1ccccc1)c1cccc(CN2CCCC(O)CC2)c1. The zero-order valence-electron chi connectivity index (χ0n) is 13.8. The van der Waals surface area contributed by atoms with Gasteiger partial charge in [0.25, 0.3) is 5.91 Å². The molecule has 1 fully saturated rings. The average molecular weight is 324 g/mol. The Morgan fingerprint density at radius 2 is 1.92 bits per heavy atom. The number of likely N-dealkylation sites (tertiary alicyclic amines) is 1. The van der Waals surface area contributed by atoms with Crippen molar-refractivity contribution < 1.29 is 9.90 Å². The van der Waals surface area contributed by atoms with Gasteiger partial charge in [-0.15, -0.1) is 0 Å². The highest BCUT2D eigenvalue weighted by molar-refractivity contribution is 6.04. The molecule has 2 N–H and O–H groups in total. The summed E-state index contributed by atoms with van der Waals surface area (Å²) in [4.78, 5) is 14.8. The molecular weight excluding hydrogens is 300 g/mol. The molecule has 0 spiro atoms. The van der Waals surface area contributed by atoms with Crippen LogP contribution in [-0.2, 0) is 6.54 Å². The number of para-hydroxylation sites is 1. The molecule has 4 nitrogen and oxygen atoms in total. The minimum Gasteiger partial charge on any atom is -0.393 e. The van der Waals surface area contributed by atoms with Gasteiger partial charge in [0, 0.05) is 24.3 Å². The van der Waals surface area contributed by atoms with E-state index in [-0.39, 0.29) is 12.0 Å². The van der Waals surface area contributed by atoms with Crippen molar-refractivity contribution in [3.63, 3.8) is 0 Å². The first-order valence-corrected chi connectivity index (χ1v) is 8.56. The number of anilines is 1. The van der Waals surface area contributed by atoms with Crippen molar-refractivity contribution in [2.45, 2.75) is 31.9 Å². The third-order valence-electron chi connectivity index (χ3n) is 4.42. The lowest BCUT2D eigenvalue weighted by molar-refractivity contribution is 0.102. The Morgan fingerprint density at radius 1 is 1.08 bits per heavy atom. The fourth-order valence-corrected chi connectivity index (χ4v) is 3.09.